The number of thiophene rings is 1. The van der Waals surface area contributed by atoms with Gasteiger partial charge in [-0.25, -0.2) is 9.98 Å². The molecule has 3 nitrogen and oxygen atoms in total. The van der Waals surface area contributed by atoms with Crippen LogP contribution in [0.3, 0.4) is 0 Å². The normalized spacial score (nSPS) is 11.7. The van der Waals surface area contributed by atoms with Crippen LogP contribution in [0.2, 0.25) is 0 Å². The summed E-state index contributed by atoms with van der Waals surface area (Å²) in [6.07, 6.45) is 1.93. The molecule has 1 heterocycles. The second-order valence-corrected chi connectivity index (χ2v) is 14.4. The fourth-order valence-electron chi connectivity index (χ4n) is 7.10. The molecule has 260 valence electrons. The molecule has 0 spiro atoms. The highest BCUT2D eigenvalue weighted by Crippen LogP contribution is 2.46. The maximum Gasteiger partial charge on any atom is 0.161 e. The van der Waals surface area contributed by atoms with Crippen molar-refractivity contribution in [1.29, 1.82) is 5.41 Å². The Kier molecular flexibility index (Phi) is 9.31. The fourth-order valence-corrected chi connectivity index (χ4v) is 8.49. The second-order valence-electron chi connectivity index (χ2n) is 13.4. The highest BCUT2D eigenvalue weighted by molar-refractivity contribution is 7.27. The summed E-state index contributed by atoms with van der Waals surface area (Å²) < 4.78 is 2.44. The Hall–Kier alpha value is -7.01. The largest absolute Gasteiger partial charge is 0.282 e. The molecule has 9 rings (SSSR count). The van der Waals surface area contributed by atoms with E-state index in [2.05, 4.69) is 127 Å². The first-order valence-corrected chi connectivity index (χ1v) is 19.1. The Labute approximate surface area is 324 Å². The molecule has 1 aromatic heterocycles. The summed E-state index contributed by atoms with van der Waals surface area (Å²) >= 11 is 1.83. The molecule has 0 radical (unpaired) electrons. The minimum Gasteiger partial charge on any atom is -0.282 e. The smallest absolute Gasteiger partial charge is 0.161 e. The third-order valence-electron chi connectivity index (χ3n) is 9.87. The quantitative estimate of drug-likeness (QED) is 0.126. The molecule has 0 amide bonds. The van der Waals surface area contributed by atoms with Gasteiger partial charge in [-0.2, -0.15) is 0 Å². The third-order valence-corrected chi connectivity index (χ3v) is 11.1. The van der Waals surface area contributed by atoms with Crippen molar-refractivity contribution >= 4 is 49.4 Å². The molecule has 0 saturated carbocycles. The van der Waals surface area contributed by atoms with Gasteiger partial charge in [-0.05, 0) is 51.1 Å². The Bertz CT molecular complexity index is 2830. The van der Waals surface area contributed by atoms with Gasteiger partial charge in [-0.15, -0.1) is 11.3 Å². The molecule has 0 aliphatic heterocycles. The number of hydrogen-bond donors (Lipinski definition) is 1. The zero-order valence-electron chi connectivity index (χ0n) is 29.9. The highest BCUT2D eigenvalue weighted by Gasteiger charge is 2.19. The molecule has 8 aromatic carbocycles. The van der Waals surface area contributed by atoms with Gasteiger partial charge in [0.1, 0.15) is 0 Å². The van der Waals surface area contributed by atoms with Crippen LogP contribution in [0.4, 0.5) is 0 Å². The van der Waals surface area contributed by atoms with E-state index < -0.39 is 0 Å². The minimum atomic E-state index is 0.154. The van der Waals surface area contributed by atoms with Crippen LogP contribution >= 0.6 is 11.3 Å². The van der Waals surface area contributed by atoms with Gasteiger partial charge < -0.3 is 0 Å². The van der Waals surface area contributed by atoms with Crippen LogP contribution in [0.15, 0.2) is 210 Å². The Balaban J connectivity index is 1.22. The van der Waals surface area contributed by atoms with E-state index in [0.717, 1.165) is 38.8 Å². The van der Waals surface area contributed by atoms with Gasteiger partial charge in [0.25, 0.3) is 0 Å². The van der Waals surface area contributed by atoms with Crippen molar-refractivity contribution in [2.24, 2.45) is 9.98 Å². The summed E-state index contributed by atoms with van der Waals surface area (Å²) in [5.74, 6) is 0.633. The molecule has 0 aliphatic carbocycles. The zero-order valence-corrected chi connectivity index (χ0v) is 30.7. The van der Waals surface area contributed by atoms with Gasteiger partial charge in [0, 0.05) is 48.6 Å². The lowest BCUT2D eigenvalue weighted by Gasteiger charge is -2.10. The zero-order chi connectivity index (χ0) is 37.0. The number of benzene rings is 8. The van der Waals surface area contributed by atoms with Gasteiger partial charge in [-0.1, -0.05) is 188 Å². The van der Waals surface area contributed by atoms with E-state index in [1.54, 1.807) is 0 Å². The average Bonchev–Trinajstić information content (AvgIpc) is 3.66. The Morgan fingerprint density at radius 2 is 0.945 bits per heavy atom. The summed E-state index contributed by atoms with van der Waals surface area (Å²) in [7, 11) is 0. The SMILES string of the molecule is N=C(N=C(N=Cc1ccc(-c2ccccc2)c2sc3c(-c4ccccc4)cc(-c4ccccc4)cc3c12)c1ccccc1)c1ccc(-c2ccccc2)cc1. The Morgan fingerprint density at radius 1 is 0.436 bits per heavy atom. The summed E-state index contributed by atoms with van der Waals surface area (Å²) in [5.41, 5.74) is 11.9. The van der Waals surface area contributed by atoms with Gasteiger partial charge in [-0.3, -0.25) is 5.41 Å². The van der Waals surface area contributed by atoms with E-state index in [0.29, 0.717) is 5.84 Å². The van der Waals surface area contributed by atoms with Crippen molar-refractivity contribution in [3.63, 3.8) is 0 Å². The summed E-state index contributed by atoms with van der Waals surface area (Å²) in [6, 6.07) is 69.1. The third kappa shape index (κ3) is 6.95. The number of nitrogens with one attached hydrogen (secondary N) is 1. The topological polar surface area (TPSA) is 48.6 Å². The molecular weight excluding hydrogens is 687 g/mol. The number of nitrogens with zero attached hydrogens (tertiary/aromatic N) is 2. The molecule has 0 unspecified atom stereocenters. The van der Waals surface area contributed by atoms with Gasteiger partial charge >= 0.3 is 0 Å². The summed E-state index contributed by atoms with van der Waals surface area (Å²) in [6.45, 7) is 0. The van der Waals surface area contributed by atoms with Crippen LogP contribution in [-0.2, 0) is 0 Å². The van der Waals surface area contributed by atoms with Crippen molar-refractivity contribution in [3.05, 3.63) is 217 Å². The maximum absolute atomic E-state index is 9.06. The Morgan fingerprint density at radius 3 is 1.55 bits per heavy atom. The van der Waals surface area contributed by atoms with Crippen LogP contribution in [-0.4, -0.2) is 17.9 Å². The lowest BCUT2D eigenvalue weighted by Crippen LogP contribution is -2.04. The van der Waals surface area contributed by atoms with E-state index >= 15 is 0 Å². The first-order chi connectivity index (χ1) is 27.2. The first kappa shape index (κ1) is 33.8. The molecular formula is C51H35N3S. The van der Waals surface area contributed by atoms with Crippen molar-refractivity contribution < 1.29 is 0 Å². The monoisotopic (exact) mass is 721 g/mol. The standard InChI is InChI=1S/C51H35N3S/c52-50(40-28-26-37(27-29-40)35-16-6-1-7-17-35)54-51(41-24-14-5-15-25-41)53-34-42-30-31-44(38-20-10-3-11-21-38)49-47(42)46-33-43(36-18-8-2-9-19-36)32-45(48(46)55-49)39-22-12-4-13-23-39/h1-34,52H. The van der Waals surface area contributed by atoms with Crippen molar-refractivity contribution in [3.8, 4) is 44.5 Å². The van der Waals surface area contributed by atoms with E-state index in [-0.39, 0.29) is 5.84 Å². The minimum absolute atomic E-state index is 0.154. The second kappa shape index (κ2) is 15.2. The van der Waals surface area contributed by atoms with Crippen LogP contribution in [0.1, 0.15) is 16.7 Å². The number of fused-ring (bicyclic) bond motifs is 3. The molecule has 1 N–H and O–H groups in total. The molecule has 4 heteroatoms. The van der Waals surface area contributed by atoms with E-state index in [9.17, 15) is 0 Å². The van der Waals surface area contributed by atoms with Gasteiger partial charge in [0.05, 0.1) is 0 Å². The average molecular weight is 722 g/mol. The molecule has 0 atom stereocenters. The maximum atomic E-state index is 9.06. The lowest BCUT2D eigenvalue weighted by atomic mass is 9.94. The molecule has 0 bridgehead atoms. The van der Waals surface area contributed by atoms with Crippen molar-refractivity contribution in [2.75, 3.05) is 0 Å². The number of amidine groups is 2. The van der Waals surface area contributed by atoms with Crippen LogP contribution in [0.25, 0.3) is 64.7 Å². The first-order valence-electron chi connectivity index (χ1n) is 18.3. The van der Waals surface area contributed by atoms with E-state index in [1.165, 1.54) is 42.6 Å². The van der Waals surface area contributed by atoms with Crippen molar-refractivity contribution in [2.45, 2.75) is 0 Å². The van der Waals surface area contributed by atoms with Gasteiger partial charge in [0.15, 0.2) is 11.7 Å². The van der Waals surface area contributed by atoms with E-state index in [1.807, 2.05) is 90.3 Å². The number of rotatable bonds is 7. The molecule has 9 aromatic rings. The lowest BCUT2D eigenvalue weighted by molar-refractivity contribution is 1.40. The van der Waals surface area contributed by atoms with Gasteiger partial charge in [0.2, 0.25) is 0 Å². The molecule has 0 saturated heterocycles. The molecule has 55 heavy (non-hydrogen) atoms. The predicted octanol–water partition coefficient (Wildman–Crippen LogP) is 13.6. The summed E-state index contributed by atoms with van der Waals surface area (Å²) in [5, 5.41) is 11.4. The van der Waals surface area contributed by atoms with Crippen LogP contribution < -0.4 is 0 Å². The number of hydrogen-bond acceptors (Lipinski definition) is 2. The van der Waals surface area contributed by atoms with Crippen LogP contribution in [0.5, 0.6) is 0 Å². The fraction of sp³-hybridized carbons (Fsp3) is 0. The highest BCUT2D eigenvalue weighted by atomic mass is 32.1. The molecule has 0 aliphatic rings. The predicted molar refractivity (Wildman–Crippen MR) is 235 cm³/mol. The van der Waals surface area contributed by atoms with E-state index in [4.69, 9.17) is 15.4 Å². The van der Waals surface area contributed by atoms with Crippen LogP contribution in [0, 0.1) is 5.41 Å². The number of aliphatic imine (C=N–C) groups is 2. The molecule has 0 fully saturated rings. The van der Waals surface area contributed by atoms with Crippen molar-refractivity contribution in [1.82, 2.24) is 0 Å². The summed E-state index contributed by atoms with van der Waals surface area (Å²) in [4.78, 5) is 9.93.